The van der Waals surface area contributed by atoms with Crippen LogP contribution in [-0.4, -0.2) is 12.1 Å². The number of aromatic nitrogens is 1. The van der Waals surface area contributed by atoms with E-state index in [0.29, 0.717) is 0 Å². The van der Waals surface area contributed by atoms with Gasteiger partial charge in [-0.2, -0.15) is 0 Å². The first kappa shape index (κ1) is 14.5. The van der Waals surface area contributed by atoms with Gasteiger partial charge in [0.15, 0.2) is 0 Å². The smallest absolute Gasteiger partial charge is 0.123 e. The Hall–Kier alpha value is -1.87. The zero-order valence-electron chi connectivity index (χ0n) is 12.3. The number of ether oxygens (including phenoxy) is 1. The number of nitrogens with zero attached hydrogens (tertiary/aromatic N) is 1. The van der Waals surface area contributed by atoms with Crippen molar-refractivity contribution in [3.8, 4) is 5.75 Å². The third kappa shape index (κ3) is 3.36. The average Bonchev–Trinajstić information content (AvgIpc) is 2.53. The molecule has 1 heterocycles. The Kier molecular flexibility index (Phi) is 5.13. The van der Waals surface area contributed by atoms with Gasteiger partial charge in [0.1, 0.15) is 5.75 Å². The Bertz CT molecular complexity index is 528. The molecule has 2 atom stereocenters. The van der Waals surface area contributed by atoms with Crippen molar-refractivity contribution in [2.24, 2.45) is 0 Å². The lowest BCUT2D eigenvalue weighted by molar-refractivity contribution is 0.388. The summed E-state index contributed by atoms with van der Waals surface area (Å²) in [5.74, 6) is 0.939. The van der Waals surface area contributed by atoms with E-state index in [4.69, 9.17) is 4.74 Å². The van der Waals surface area contributed by atoms with E-state index >= 15 is 0 Å². The number of hydrogen-bond acceptors (Lipinski definition) is 3. The number of rotatable bonds is 6. The first-order valence-electron chi connectivity index (χ1n) is 7.05. The maximum Gasteiger partial charge on any atom is 0.123 e. The van der Waals surface area contributed by atoms with E-state index in [-0.39, 0.29) is 12.1 Å². The topological polar surface area (TPSA) is 34.2 Å². The maximum atomic E-state index is 5.47. The number of hydrogen-bond donors (Lipinski definition) is 1. The highest BCUT2D eigenvalue weighted by Gasteiger charge is 2.16. The quantitative estimate of drug-likeness (QED) is 0.864. The van der Waals surface area contributed by atoms with Crippen LogP contribution in [0.2, 0.25) is 0 Å². The van der Waals surface area contributed by atoms with Crippen LogP contribution in [0.3, 0.4) is 0 Å². The Morgan fingerprint density at radius 3 is 2.50 bits per heavy atom. The van der Waals surface area contributed by atoms with Crippen molar-refractivity contribution in [3.05, 3.63) is 59.9 Å². The number of nitrogens with one attached hydrogen (secondary N) is 1. The molecular formula is C17H22N2O. The predicted octanol–water partition coefficient (Wildman–Crippen LogP) is 3.89. The SMILES string of the molecule is CCC(N[C@H](C)c1ccncc1)c1ccccc1OC. The minimum Gasteiger partial charge on any atom is -0.496 e. The molecule has 0 saturated heterocycles. The molecule has 1 aromatic heterocycles. The van der Waals surface area contributed by atoms with Gasteiger partial charge in [-0.15, -0.1) is 0 Å². The van der Waals surface area contributed by atoms with Gasteiger partial charge >= 0.3 is 0 Å². The summed E-state index contributed by atoms with van der Waals surface area (Å²) in [6, 6.07) is 12.8. The molecular weight excluding hydrogens is 248 g/mol. The molecule has 3 nitrogen and oxygen atoms in total. The van der Waals surface area contributed by atoms with Gasteiger partial charge in [-0.05, 0) is 37.1 Å². The molecule has 0 aliphatic rings. The van der Waals surface area contributed by atoms with Crippen LogP contribution in [0, 0.1) is 0 Å². The molecule has 1 N–H and O–H groups in total. The molecule has 1 aromatic carbocycles. The minimum atomic E-state index is 0.271. The summed E-state index contributed by atoms with van der Waals surface area (Å²) in [4.78, 5) is 4.06. The van der Waals surface area contributed by atoms with Gasteiger partial charge in [0.05, 0.1) is 7.11 Å². The lowest BCUT2D eigenvalue weighted by Gasteiger charge is -2.24. The van der Waals surface area contributed by atoms with Crippen LogP contribution in [0.25, 0.3) is 0 Å². The number of pyridine rings is 1. The summed E-state index contributed by atoms with van der Waals surface area (Å²) >= 11 is 0. The second kappa shape index (κ2) is 7.06. The lowest BCUT2D eigenvalue weighted by atomic mass is 10.0. The van der Waals surface area contributed by atoms with Crippen molar-refractivity contribution in [1.82, 2.24) is 10.3 Å². The summed E-state index contributed by atoms with van der Waals surface area (Å²) in [6.07, 6.45) is 4.67. The highest BCUT2D eigenvalue weighted by atomic mass is 16.5. The highest BCUT2D eigenvalue weighted by molar-refractivity contribution is 5.36. The third-order valence-corrected chi connectivity index (χ3v) is 3.58. The van der Waals surface area contributed by atoms with Crippen molar-refractivity contribution >= 4 is 0 Å². The van der Waals surface area contributed by atoms with Crippen molar-refractivity contribution in [3.63, 3.8) is 0 Å². The summed E-state index contributed by atoms with van der Waals surface area (Å²) in [7, 11) is 1.72. The van der Waals surface area contributed by atoms with Crippen molar-refractivity contribution in [2.75, 3.05) is 7.11 Å². The Morgan fingerprint density at radius 2 is 1.85 bits per heavy atom. The molecule has 2 aromatic rings. The Labute approximate surface area is 121 Å². The van der Waals surface area contributed by atoms with Crippen LogP contribution in [-0.2, 0) is 0 Å². The standard InChI is InChI=1S/C17H22N2O/c1-4-16(15-7-5-6-8-17(15)20-3)19-13(2)14-9-11-18-12-10-14/h5-13,16,19H,4H2,1-3H3/t13-,16?/m1/s1. The molecule has 0 aliphatic carbocycles. The normalized spacial score (nSPS) is 13.8. The predicted molar refractivity (Wildman–Crippen MR) is 81.8 cm³/mol. The van der Waals surface area contributed by atoms with Gasteiger partial charge < -0.3 is 10.1 Å². The number of methoxy groups -OCH3 is 1. The molecule has 0 fully saturated rings. The Morgan fingerprint density at radius 1 is 1.15 bits per heavy atom. The molecule has 1 unspecified atom stereocenters. The Balaban J connectivity index is 2.17. The largest absolute Gasteiger partial charge is 0.496 e. The summed E-state index contributed by atoms with van der Waals surface area (Å²) in [5.41, 5.74) is 2.45. The first-order chi connectivity index (χ1) is 9.76. The van der Waals surface area contributed by atoms with Gasteiger partial charge in [0, 0.05) is 30.0 Å². The van der Waals surface area contributed by atoms with Gasteiger partial charge in [-0.25, -0.2) is 0 Å². The lowest BCUT2D eigenvalue weighted by Crippen LogP contribution is -2.24. The fourth-order valence-electron chi connectivity index (χ4n) is 2.43. The van der Waals surface area contributed by atoms with E-state index in [1.54, 1.807) is 7.11 Å². The van der Waals surface area contributed by atoms with E-state index < -0.39 is 0 Å². The number of benzene rings is 1. The molecule has 0 amide bonds. The van der Waals surface area contributed by atoms with Gasteiger partial charge in [-0.3, -0.25) is 4.98 Å². The fraction of sp³-hybridized carbons (Fsp3) is 0.353. The van der Waals surface area contributed by atoms with Crippen molar-refractivity contribution in [2.45, 2.75) is 32.4 Å². The van der Waals surface area contributed by atoms with Gasteiger partial charge in [0.2, 0.25) is 0 Å². The molecule has 0 radical (unpaired) electrons. The fourth-order valence-corrected chi connectivity index (χ4v) is 2.43. The summed E-state index contributed by atoms with van der Waals surface area (Å²) < 4.78 is 5.47. The van der Waals surface area contributed by atoms with E-state index in [2.05, 4.69) is 36.3 Å². The molecule has 0 saturated carbocycles. The van der Waals surface area contributed by atoms with Crippen LogP contribution in [0.4, 0.5) is 0 Å². The molecule has 0 aliphatic heterocycles. The number of para-hydroxylation sites is 1. The molecule has 0 bridgehead atoms. The van der Waals surface area contributed by atoms with Crippen LogP contribution >= 0.6 is 0 Å². The second-order valence-electron chi connectivity index (χ2n) is 4.87. The van der Waals surface area contributed by atoms with Crippen LogP contribution in [0.15, 0.2) is 48.8 Å². The third-order valence-electron chi connectivity index (χ3n) is 3.58. The van der Waals surface area contributed by atoms with E-state index in [9.17, 15) is 0 Å². The monoisotopic (exact) mass is 270 g/mol. The maximum absolute atomic E-state index is 5.47. The van der Waals surface area contributed by atoms with Crippen LogP contribution in [0.5, 0.6) is 5.75 Å². The second-order valence-corrected chi connectivity index (χ2v) is 4.87. The van der Waals surface area contributed by atoms with Crippen molar-refractivity contribution < 1.29 is 4.74 Å². The molecule has 0 spiro atoms. The molecule has 20 heavy (non-hydrogen) atoms. The van der Waals surface area contributed by atoms with Crippen LogP contribution in [0.1, 0.15) is 43.5 Å². The highest BCUT2D eigenvalue weighted by Crippen LogP contribution is 2.29. The minimum absolute atomic E-state index is 0.271. The molecule has 106 valence electrons. The summed E-state index contributed by atoms with van der Waals surface area (Å²) in [6.45, 7) is 4.36. The van der Waals surface area contributed by atoms with E-state index in [0.717, 1.165) is 12.2 Å². The first-order valence-corrected chi connectivity index (χ1v) is 7.05. The zero-order chi connectivity index (χ0) is 14.4. The van der Waals surface area contributed by atoms with Gasteiger partial charge in [-0.1, -0.05) is 25.1 Å². The van der Waals surface area contributed by atoms with E-state index in [1.807, 2.05) is 36.7 Å². The van der Waals surface area contributed by atoms with E-state index in [1.165, 1.54) is 11.1 Å². The summed E-state index contributed by atoms with van der Waals surface area (Å²) in [5, 5.41) is 3.67. The zero-order valence-corrected chi connectivity index (χ0v) is 12.3. The van der Waals surface area contributed by atoms with Crippen molar-refractivity contribution in [1.29, 1.82) is 0 Å². The van der Waals surface area contributed by atoms with Crippen LogP contribution < -0.4 is 10.1 Å². The van der Waals surface area contributed by atoms with Gasteiger partial charge in [0.25, 0.3) is 0 Å². The average molecular weight is 270 g/mol. The molecule has 3 heteroatoms. The molecule has 2 rings (SSSR count).